The molecule has 8 nitrogen and oxygen atoms in total. The molecule has 200 valence electrons. The SMILES string of the molecule is CC1(C)Cn2c(C(=O)C(F)(F)F)ccc2C2(CCN(C(=O)c3ccc(S(=O)(=O)NC4CC4)cc3)CC2)N1. The Hall–Kier alpha value is -2.70. The van der Waals surface area contributed by atoms with Crippen molar-refractivity contribution in [3.05, 3.63) is 53.3 Å². The minimum absolute atomic E-state index is 0.0193. The number of halogens is 3. The van der Waals surface area contributed by atoms with E-state index in [1.165, 1.54) is 34.9 Å². The van der Waals surface area contributed by atoms with Crippen LogP contribution in [0.25, 0.3) is 0 Å². The fourth-order valence-corrected chi connectivity index (χ4v) is 6.77. The number of hydrogen-bond acceptors (Lipinski definition) is 5. The second-order valence-corrected chi connectivity index (χ2v) is 12.5. The molecule has 1 aliphatic carbocycles. The molecule has 1 aromatic heterocycles. The molecule has 3 aliphatic rings. The number of sulfonamides is 1. The van der Waals surface area contributed by atoms with Crippen LogP contribution in [0.1, 0.15) is 66.1 Å². The molecule has 2 aliphatic heterocycles. The van der Waals surface area contributed by atoms with E-state index in [4.69, 9.17) is 0 Å². The Balaban J connectivity index is 1.33. The van der Waals surface area contributed by atoms with Crippen LogP contribution in [0.5, 0.6) is 0 Å². The summed E-state index contributed by atoms with van der Waals surface area (Å²) in [6.45, 7) is 4.66. The monoisotopic (exact) mass is 538 g/mol. The number of amides is 1. The van der Waals surface area contributed by atoms with Gasteiger partial charge in [0.1, 0.15) is 0 Å². The van der Waals surface area contributed by atoms with Crippen molar-refractivity contribution in [1.82, 2.24) is 19.5 Å². The van der Waals surface area contributed by atoms with Crippen LogP contribution in [0.4, 0.5) is 13.2 Å². The first-order chi connectivity index (χ1) is 17.2. The number of carbonyl (C=O) groups is 2. The van der Waals surface area contributed by atoms with E-state index in [2.05, 4.69) is 10.0 Å². The Morgan fingerprint density at radius 3 is 2.22 bits per heavy atom. The van der Waals surface area contributed by atoms with Crippen LogP contribution in [0.3, 0.4) is 0 Å². The van der Waals surface area contributed by atoms with Gasteiger partial charge in [0.15, 0.2) is 0 Å². The number of rotatable bonds is 5. The predicted octanol–water partition coefficient (Wildman–Crippen LogP) is 3.19. The maximum atomic E-state index is 13.2. The largest absolute Gasteiger partial charge is 0.456 e. The van der Waals surface area contributed by atoms with Gasteiger partial charge < -0.3 is 9.47 Å². The molecule has 37 heavy (non-hydrogen) atoms. The number of nitrogens with one attached hydrogen (secondary N) is 2. The standard InChI is InChI=1S/C25H29F3N4O4S/c1-23(2)15-32-19(21(33)25(26,27)28)9-10-20(32)24(30-23)11-13-31(14-12-24)22(34)16-3-7-18(8-4-16)37(35,36)29-17-5-6-17/h3-4,7-10,17,29-30H,5-6,11-15H2,1-2H3. The highest BCUT2D eigenvalue weighted by atomic mass is 32.2. The highest BCUT2D eigenvalue weighted by Crippen LogP contribution is 2.41. The molecular formula is C25H29F3N4O4S. The first-order valence-electron chi connectivity index (χ1n) is 12.2. The number of alkyl halides is 3. The van der Waals surface area contributed by atoms with E-state index in [1.54, 1.807) is 11.0 Å². The predicted molar refractivity (Wildman–Crippen MR) is 129 cm³/mol. The lowest BCUT2D eigenvalue weighted by Gasteiger charge is -2.51. The van der Waals surface area contributed by atoms with E-state index >= 15 is 0 Å². The van der Waals surface area contributed by atoms with Gasteiger partial charge >= 0.3 is 6.18 Å². The number of hydrogen-bond donors (Lipinski definition) is 2. The van der Waals surface area contributed by atoms with Crippen LogP contribution in [0.15, 0.2) is 41.3 Å². The van der Waals surface area contributed by atoms with Crippen molar-refractivity contribution in [3.63, 3.8) is 0 Å². The number of ketones is 1. The molecule has 2 N–H and O–H groups in total. The molecule has 1 aromatic carbocycles. The minimum Gasteiger partial charge on any atom is -0.338 e. The molecule has 1 amide bonds. The van der Waals surface area contributed by atoms with Gasteiger partial charge in [-0.2, -0.15) is 13.2 Å². The zero-order valence-corrected chi connectivity index (χ0v) is 21.4. The molecule has 0 atom stereocenters. The third-order valence-electron chi connectivity index (χ3n) is 7.31. The lowest BCUT2D eigenvalue weighted by Crippen LogP contribution is -2.63. The summed E-state index contributed by atoms with van der Waals surface area (Å²) >= 11 is 0. The van der Waals surface area contributed by atoms with Gasteiger partial charge in [0.25, 0.3) is 11.7 Å². The number of fused-ring (bicyclic) bond motifs is 2. The first kappa shape index (κ1) is 25.9. The Labute approximate surface area is 213 Å². The van der Waals surface area contributed by atoms with E-state index in [9.17, 15) is 31.2 Å². The second-order valence-electron chi connectivity index (χ2n) is 10.8. The van der Waals surface area contributed by atoms with Crippen molar-refractivity contribution in [1.29, 1.82) is 0 Å². The van der Waals surface area contributed by atoms with Crippen molar-refractivity contribution in [2.45, 2.75) is 74.3 Å². The summed E-state index contributed by atoms with van der Waals surface area (Å²) in [6, 6.07) is 8.62. The van der Waals surface area contributed by atoms with Gasteiger partial charge in [-0.15, -0.1) is 0 Å². The summed E-state index contributed by atoms with van der Waals surface area (Å²) in [7, 11) is -3.62. The number of Topliss-reactive ketones (excluding diaryl/α,β-unsaturated/α-hetero) is 1. The summed E-state index contributed by atoms with van der Waals surface area (Å²) in [4.78, 5) is 27.0. The van der Waals surface area contributed by atoms with Crippen molar-refractivity contribution in [2.24, 2.45) is 0 Å². The number of likely N-dealkylation sites (tertiary alicyclic amines) is 1. The molecule has 3 heterocycles. The average molecular weight is 539 g/mol. The topological polar surface area (TPSA) is 101 Å². The minimum atomic E-state index is -4.96. The Morgan fingerprint density at radius 1 is 1.03 bits per heavy atom. The van der Waals surface area contributed by atoms with Crippen LogP contribution in [0.2, 0.25) is 0 Å². The van der Waals surface area contributed by atoms with Crippen LogP contribution in [-0.2, 0) is 22.1 Å². The van der Waals surface area contributed by atoms with Gasteiger partial charge in [-0.1, -0.05) is 0 Å². The second kappa shape index (κ2) is 8.67. The van der Waals surface area contributed by atoms with E-state index in [-0.39, 0.29) is 29.1 Å². The summed E-state index contributed by atoms with van der Waals surface area (Å²) in [5.74, 6) is -2.11. The summed E-state index contributed by atoms with van der Waals surface area (Å²) in [5, 5.41) is 3.57. The molecule has 0 bridgehead atoms. The van der Waals surface area contributed by atoms with Crippen LogP contribution in [-0.4, -0.2) is 60.4 Å². The third kappa shape index (κ3) is 4.94. The van der Waals surface area contributed by atoms with Crippen molar-refractivity contribution < 1.29 is 31.2 Å². The van der Waals surface area contributed by atoms with Gasteiger partial charge in [-0.25, -0.2) is 13.1 Å². The van der Waals surface area contributed by atoms with Gasteiger partial charge in [0, 0.05) is 42.5 Å². The molecule has 2 aromatic rings. The van der Waals surface area contributed by atoms with Crippen LogP contribution >= 0.6 is 0 Å². The normalized spacial score (nSPS) is 21.1. The first-order valence-corrected chi connectivity index (χ1v) is 13.7. The number of nitrogens with zero attached hydrogens (tertiary/aromatic N) is 2. The smallest absolute Gasteiger partial charge is 0.338 e. The number of piperidine rings is 1. The molecule has 1 spiro atoms. The highest BCUT2D eigenvalue weighted by Gasteiger charge is 2.49. The fourth-order valence-electron chi connectivity index (χ4n) is 5.47. The zero-order valence-electron chi connectivity index (χ0n) is 20.6. The van der Waals surface area contributed by atoms with Crippen LogP contribution < -0.4 is 10.0 Å². The molecule has 1 saturated heterocycles. The average Bonchev–Trinajstić information content (AvgIpc) is 3.52. The Kier molecular flexibility index (Phi) is 6.08. The molecular weight excluding hydrogens is 509 g/mol. The highest BCUT2D eigenvalue weighted by molar-refractivity contribution is 7.89. The van der Waals surface area contributed by atoms with E-state index in [1.807, 2.05) is 13.8 Å². The zero-order chi connectivity index (χ0) is 26.8. The number of aromatic nitrogens is 1. The molecule has 0 radical (unpaired) electrons. The van der Waals surface area contributed by atoms with Gasteiger partial charge in [-0.3, -0.25) is 14.9 Å². The maximum absolute atomic E-state index is 13.2. The summed E-state index contributed by atoms with van der Waals surface area (Å²) in [6.07, 6.45) is -2.42. The summed E-state index contributed by atoms with van der Waals surface area (Å²) in [5.41, 5.74) is -0.658. The summed E-state index contributed by atoms with van der Waals surface area (Å²) < 4.78 is 68.5. The van der Waals surface area contributed by atoms with Gasteiger partial charge in [0.2, 0.25) is 10.0 Å². The lowest BCUT2D eigenvalue weighted by atomic mass is 9.79. The molecule has 5 rings (SSSR count). The van der Waals surface area contributed by atoms with Crippen molar-refractivity contribution >= 4 is 21.7 Å². The Bertz CT molecular complexity index is 1340. The van der Waals surface area contributed by atoms with E-state index < -0.39 is 33.1 Å². The third-order valence-corrected chi connectivity index (χ3v) is 8.84. The molecule has 1 saturated carbocycles. The van der Waals surface area contributed by atoms with Crippen LogP contribution in [0, 0.1) is 0 Å². The van der Waals surface area contributed by atoms with E-state index in [0.29, 0.717) is 37.2 Å². The Morgan fingerprint density at radius 2 is 1.65 bits per heavy atom. The number of carbonyl (C=O) groups excluding carboxylic acids is 2. The van der Waals surface area contributed by atoms with E-state index in [0.717, 1.165) is 12.8 Å². The molecule has 2 fully saturated rings. The maximum Gasteiger partial charge on any atom is 0.456 e. The van der Waals surface area contributed by atoms with Gasteiger partial charge in [0.05, 0.1) is 16.1 Å². The fraction of sp³-hybridized carbons (Fsp3) is 0.520. The van der Waals surface area contributed by atoms with Crippen molar-refractivity contribution in [2.75, 3.05) is 13.1 Å². The molecule has 0 unspecified atom stereocenters. The van der Waals surface area contributed by atoms with Gasteiger partial charge in [-0.05, 0) is 75.9 Å². The van der Waals surface area contributed by atoms with Crippen molar-refractivity contribution in [3.8, 4) is 0 Å². The quantitative estimate of drug-likeness (QED) is 0.570. The molecule has 12 heteroatoms. The lowest BCUT2D eigenvalue weighted by molar-refractivity contribution is -0.0892. The number of benzene rings is 1.